The Morgan fingerprint density at radius 1 is 0.362 bits per heavy atom. The molecular formula is C76H84BN3. The summed E-state index contributed by atoms with van der Waals surface area (Å²) in [6, 6.07) is 64.4. The second-order valence-electron chi connectivity index (χ2n) is 29.8. The first-order valence-corrected chi connectivity index (χ1v) is 30.2. The summed E-state index contributed by atoms with van der Waals surface area (Å²) in [5.41, 5.74) is 27.8. The van der Waals surface area contributed by atoms with E-state index in [1.165, 1.54) is 107 Å². The summed E-state index contributed by atoms with van der Waals surface area (Å²) in [6.07, 6.45) is 6.93. The quantitative estimate of drug-likeness (QED) is 0.154. The predicted octanol–water partition coefficient (Wildman–Crippen LogP) is 19.3. The monoisotopic (exact) mass is 1050 g/mol. The van der Waals surface area contributed by atoms with E-state index in [1.54, 1.807) is 0 Å². The van der Waals surface area contributed by atoms with Gasteiger partial charge in [0.2, 0.25) is 0 Å². The van der Waals surface area contributed by atoms with Crippen molar-refractivity contribution >= 4 is 74.3 Å². The van der Waals surface area contributed by atoms with Crippen LogP contribution >= 0.6 is 0 Å². The molecule has 5 aliphatic rings. The van der Waals surface area contributed by atoms with Crippen molar-refractivity contribution in [1.29, 1.82) is 0 Å². The van der Waals surface area contributed by atoms with Gasteiger partial charge in [0.15, 0.2) is 0 Å². The Kier molecular flexibility index (Phi) is 11.7. The van der Waals surface area contributed by atoms with Gasteiger partial charge in [0.1, 0.15) is 0 Å². The zero-order valence-corrected chi connectivity index (χ0v) is 50.8. The molecule has 0 radical (unpaired) electrons. The third-order valence-corrected chi connectivity index (χ3v) is 20.6. The van der Waals surface area contributed by atoms with Crippen LogP contribution < -0.4 is 31.1 Å². The first kappa shape index (κ1) is 52.6. The maximum absolute atomic E-state index is 2.74. The van der Waals surface area contributed by atoms with Crippen LogP contribution in [-0.2, 0) is 37.9 Å². The second kappa shape index (κ2) is 17.9. The fraction of sp³-hybridized carbons (Fsp3) is 0.368. The Bertz CT molecular complexity index is 3740. The lowest BCUT2D eigenvalue weighted by Crippen LogP contribution is -2.62. The lowest BCUT2D eigenvalue weighted by Gasteiger charge is -2.49. The molecule has 0 saturated carbocycles. The summed E-state index contributed by atoms with van der Waals surface area (Å²) < 4.78 is 0. The van der Waals surface area contributed by atoms with Crippen LogP contribution in [0.3, 0.4) is 0 Å². The Labute approximate surface area is 480 Å². The number of para-hydroxylation sites is 2. The number of benzene rings is 8. The molecule has 0 N–H and O–H groups in total. The van der Waals surface area contributed by atoms with Gasteiger partial charge < -0.3 is 14.7 Å². The molecule has 0 spiro atoms. The molecule has 3 aliphatic carbocycles. The average Bonchev–Trinajstić information content (AvgIpc) is 3.02. The van der Waals surface area contributed by atoms with Gasteiger partial charge in [0.25, 0.3) is 6.71 Å². The van der Waals surface area contributed by atoms with Gasteiger partial charge in [-0.3, -0.25) is 0 Å². The van der Waals surface area contributed by atoms with E-state index in [0.29, 0.717) is 0 Å². The summed E-state index contributed by atoms with van der Waals surface area (Å²) in [5, 5.41) is 0. The third-order valence-electron chi connectivity index (χ3n) is 20.6. The highest BCUT2D eigenvalue weighted by atomic mass is 15.2. The smallest absolute Gasteiger partial charge is 0.252 e. The summed E-state index contributed by atoms with van der Waals surface area (Å²) in [6.45, 7) is 37.0. The molecule has 80 heavy (non-hydrogen) atoms. The number of fused-ring (bicyclic) bond motifs is 7. The Morgan fingerprint density at radius 2 is 0.775 bits per heavy atom. The minimum absolute atomic E-state index is 0.00112. The van der Waals surface area contributed by atoms with Crippen molar-refractivity contribution in [1.82, 2.24) is 0 Å². The molecule has 406 valence electrons. The van der Waals surface area contributed by atoms with Crippen LogP contribution in [0.1, 0.15) is 181 Å². The minimum Gasteiger partial charge on any atom is -0.311 e. The number of hydrogen-bond donors (Lipinski definition) is 0. The van der Waals surface area contributed by atoms with Gasteiger partial charge in [-0.25, -0.2) is 0 Å². The van der Waals surface area contributed by atoms with Gasteiger partial charge in [-0.1, -0.05) is 195 Å². The van der Waals surface area contributed by atoms with Crippen molar-refractivity contribution in [2.45, 2.75) is 180 Å². The molecule has 0 aromatic heterocycles. The topological polar surface area (TPSA) is 9.72 Å². The van der Waals surface area contributed by atoms with Crippen LogP contribution in [0.15, 0.2) is 164 Å². The molecule has 2 heterocycles. The van der Waals surface area contributed by atoms with Gasteiger partial charge in [-0.2, -0.15) is 0 Å². The van der Waals surface area contributed by atoms with Gasteiger partial charge in [-0.15, -0.1) is 0 Å². The fourth-order valence-electron chi connectivity index (χ4n) is 15.1. The standard InChI is InChI=1S/C76H84BN3/c1-70(2,3)50-31-34-64(55(41-50)49-25-19-16-20-26-49)80-66-48-61-59(74(10,11)38-40-76(61,14)15)46-63(66)77-62-45-58-60(75(12,13)39-37-73(58,8)9)47-65(62)79(53-32-33-56-57(42-53)72(6,7)36-35-71(56,4)5)67-43-54(44-68(80)69(67)77)78(51-27-21-17-22-28-51)52-29-23-18-24-30-52/h16-34,41-48H,35-40H2,1-15H3. The van der Waals surface area contributed by atoms with Crippen LogP contribution in [0.5, 0.6) is 0 Å². The SMILES string of the molecule is CC(C)(C)c1ccc(N2c3cc4c(cc3B3c5cc6c(cc5N(c5ccc7c(c5)C(C)(C)CCC7(C)C)c5cc(N(c7ccccc7)c7ccccc7)cc2c53)C(C)(C)CCC6(C)C)C(C)(C)CCC4(C)C)c(-c2ccccc2)c1. The average molecular weight is 1050 g/mol. The highest BCUT2D eigenvalue weighted by molar-refractivity contribution is 7.00. The van der Waals surface area contributed by atoms with E-state index in [9.17, 15) is 0 Å². The van der Waals surface area contributed by atoms with Crippen LogP contribution in [0, 0.1) is 0 Å². The van der Waals surface area contributed by atoms with E-state index in [0.717, 1.165) is 49.2 Å². The van der Waals surface area contributed by atoms with E-state index in [1.807, 2.05) is 0 Å². The zero-order valence-electron chi connectivity index (χ0n) is 50.8. The first-order valence-electron chi connectivity index (χ1n) is 30.2. The van der Waals surface area contributed by atoms with E-state index in [-0.39, 0.29) is 44.6 Å². The molecule has 0 atom stereocenters. The molecule has 8 aromatic rings. The van der Waals surface area contributed by atoms with Crippen LogP contribution in [-0.4, -0.2) is 6.71 Å². The third kappa shape index (κ3) is 8.26. The summed E-state index contributed by atoms with van der Waals surface area (Å²) >= 11 is 0. The Balaban J connectivity index is 1.23. The van der Waals surface area contributed by atoms with Crippen LogP contribution in [0.4, 0.5) is 51.2 Å². The highest BCUT2D eigenvalue weighted by Gasteiger charge is 2.50. The molecule has 13 rings (SSSR count). The largest absolute Gasteiger partial charge is 0.311 e. The minimum atomic E-state index is -0.0586. The molecule has 0 saturated heterocycles. The maximum atomic E-state index is 2.74. The van der Waals surface area contributed by atoms with Gasteiger partial charge in [-0.05, 0) is 210 Å². The van der Waals surface area contributed by atoms with Gasteiger partial charge in [0, 0.05) is 45.4 Å². The van der Waals surface area contributed by atoms with Crippen molar-refractivity contribution in [3.05, 3.63) is 203 Å². The highest BCUT2D eigenvalue weighted by Crippen LogP contribution is 2.56. The summed E-state index contributed by atoms with van der Waals surface area (Å²) in [7, 11) is 0. The lowest BCUT2D eigenvalue weighted by molar-refractivity contribution is 0.332. The molecule has 8 aromatic carbocycles. The van der Waals surface area contributed by atoms with Crippen molar-refractivity contribution < 1.29 is 0 Å². The van der Waals surface area contributed by atoms with Crippen molar-refractivity contribution in [2.75, 3.05) is 14.7 Å². The summed E-state index contributed by atoms with van der Waals surface area (Å²) in [5.74, 6) is 0. The van der Waals surface area contributed by atoms with Crippen LogP contribution in [0.25, 0.3) is 11.1 Å². The van der Waals surface area contributed by atoms with E-state index in [4.69, 9.17) is 0 Å². The van der Waals surface area contributed by atoms with Crippen molar-refractivity contribution in [3.8, 4) is 11.1 Å². The molecule has 0 fully saturated rings. The molecule has 0 amide bonds. The Hall–Kier alpha value is -6.78. The lowest BCUT2D eigenvalue weighted by atomic mass is 9.32. The number of anilines is 9. The van der Waals surface area contributed by atoms with Gasteiger partial charge >= 0.3 is 0 Å². The maximum Gasteiger partial charge on any atom is 0.252 e. The fourth-order valence-corrected chi connectivity index (χ4v) is 15.1. The van der Waals surface area contributed by atoms with Crippen molar-refractivity contribution in [2.24, 2.45) is 0 Å². The number of nitrogens with zero attached hydrogens (tertiary/aromatic N) is 3. The predicted molar refractivity (Wildman–Crippen MR) is 345 cm³/mol. The van der Waals surface area contributed by atoms with E-state index in [2.05, 4.69) is 282 Å². The number of rotatable bonds is 6. The molecule has 4 heteroatoms. The van der Waals surface area contributed by atoms with E-state index < -0.39 is 0 Å². The molecule has 0 bridgehead atoms. The van der Waals surface area contributed by atoms with E-state index >= 15 is 0 Å². The molecule has 0 unspecified atom stereocenters. The molecular weight excluding hydrogens is 966 g/mol. The summed E-state index contributed by atoms with van der Waals surface area (Å²) in [4.78, 5) is 7.99. The van der Waals surface area contributed by atoms with Crippen LogP contribution in [0.2, 0.25) is 0 Å². The first-order chi connectivity index (χ1) is 37.8. The zero-order chi connectivity index (χ0) is 56.3. The Morgan fingerprint density at radius 3 is 1.25 bits per heavy atom. The molecule has 3 nitrogen and oxygen atoms in total. The normalized spacial score (nSPS) is 19.2. The number of hydrogen-bond acceptors (Lipinski definition) is 3. The molecule has 2 aliphatic heterocycles. The second-order valence-corrected chi connectivity index (χ2v) is 29.8. The van der Waals surface area contributed by atoms with Gasteiger partial charge in [0.05, 0.1) is 11.4 Å². The van der Waals surface area contributed by atoms with Crippen molar-refractivity contribution in [3.63, 3.8) is 0 Å².